The Kier molecular flexibility index (Phi) is 5.08. The fraction of sp³-hybridized carbons (Fsp3) is 0.455. The summed E-state index contributed by atoms with van der Waals surface area (Å²) < 4.78 is 16.3. The van der Waals surface area contributed by atoms with Gasteiger partial charge in [0.2, 0.25) is 0 Å². The normalized spacial score (nSPS) is 26.4. The first-order valence-electron chi connectivity index (χ1n) is 11.0. The van der Waals surface area contributed by atoms with Crippen molar-refractivity contribution < 1.29 is 14.3 Å². The van der Waals surface area contributed by atoms with Crippen LogP contribution in [0.1, 0.15) is 49.0 Å². The second kappa shape index (κ2) is 7.84. The van der Waals surface area contributed by atoms with Crippen LogP contribution in [0.4, 0.5) is 21.7 Å². The summed E-state index contributed by atoms with van der Waals surface area (Å²) in [5.74, 6) is 0.533. The van der Waals surface area contributed by atoms with Gasteiger partial charge in [-0.15, -0.1) is 0 Å². The number of halogens is 1. The molecule has 0 radical (unpaired) electrons. The number of rotatable bonds is 6. The van der Waals surface area contributed by atoms with E-state index in [1.54, 1.807) is 38.4 Å². The number of nitrogens with zero attached hydrogens (tertiary/aromatic N) is 4. The summed E-state index contributed by atoms with van der Waals surface area (Å²) in [6.07, 6.45) is 4.22. The number of carbonyl (C=O) groups is 1. The molecule has 0 bridgehead atoms. The van der Waals surface area contributed by atoms with Crippen LogP contribution in [0.15, 0.2) is 35.4 Å². The molecule has 0 aromatic carbocycles. The highest BCUT2D eigenvalue weighted by molar-refractivity contribution is 6.00. The zero-order valence-electron chi connectivity index (χ0n) is 18.4. The van der Waals surface area contributed by atoms with E-state index in [0.29, 0.717) is 48.7 Å². The van der Waals surface area contributed by atoms with E-state index in [2.05, 4.69) is 26.0 Å². The lowest BCUT2D eigenvalue weighted by atomic mass is 9.76. The number of carbonyl (C=O) groups excluding carboxylic acids is 1. The van der Waals surface area contributed by atoms with Crippen molar-refractivity contribution in [2.24, 2.45) is 0 Å². The monoisotopic (exact) mass is 455 g/mol. The quantitative estimate of drug-likeness (QED) is 0.448. The number of hydrogen-bond donors (Lipinski definition) is 4. The average Bonchev–Trinajstić information content (AvgIpc) is 3.19. The number of hydrogen-bond acceptors (Lipinski definition) is 7. The predicted molar refractivity (Wildman–Crippen MR) is 121 cm³/mol. The van der Waals surface area contributed by atoms with E-state index in [9.17, 15) is 19.1 Å². The molecule has 3 aromatic heterocycles. The van der Waals surface area contributed by atoms with Gasteiger partial charge in [0.25, 0.3) is 11.5 Å². The Morgan fingerprint density at radius 3 is 2.79 bits per heavy atom. The summed E-state index contributed by atoms with van der Waals surface area (Å²) >= 11 is 0. The number of alkyl halides is 1. The van der Waals surface area contributed by atoms with Crippen LogP contribution in [0, 0.1) is 0 Å². The van der Waals surface area contributed by atoms with Crippen LogP contribution < -0.4 is 21.5 Å². The summed E-state index contributed by atoms with van der Waals surface area (Å²) in [6, 6.07) is 4.57. The predicted octanol–water partition coefficient (Wildman–Crippen LogP) is 1.99. The first-order valence-corrected chi connectivity index (χ1v) is 11.0. The molecule has 2 atom stereocenters. The Labute approximate surface area is 188 Å². The highest BCUT2D eigenvalue weighted by Gasteiger charge is 2.42. The minimum Gasteiger partial charge on any atom is -0.388 e. The highest BCUT2D eigenvalue weighted by atomic mass is 19.1. The van der Waals surface area contributed by atoms with Crippen molar-refractivity contribution >= 4 is 28.9 Å². The molecule has 2 aliphatic rings. The molecule has 3 heterocycles. The largest absolute Gasteiger partial charge is 0.388 e. The molecule has 10 nitrogen and oxygen atoms in total. The van der Waals surface area contributed by atoms with E-state index in [1.807, 2.05) is 0 Å². The molecule has 0 spiro atoms. The van der Waals surface area contributed by atoms with E-state index in [-0.39, 0.29) is 29.1 Å². The van der Waals surface area contributed by atoms with Gasteiger partial charge < -0.3 is 25.6 Å². The fourth-order valence-corrected chi connectivity index (χ4v) is 4.31. The van der Waals surface area contributed by atoms with Gasteiger partial charge in [0, 0.05) is 25.4 Å². The van der Waals surface area contributed by atoms with E-state index in [1.165, 1.54) is 15.3 Å². The van der Waals surface area contributed by atoms with Crippen molar-refractivity contribution in [1.82, 2.24) is 24.5 Å². The maximum absolute atomic E-state index is 13.3. The van der Waals surface area contributed by atoms with Crippen molar-refractivity contribution in [1.29, 1.82) is 0 Å². The number of fused-ring (bicyclic) bond motifs is 1. The van der Waals surface area contributed by atoms with Gasteiger partial charge in [-0.05, 0) is 44.7 Å². The van der Waals surface area contributed by atoms with Gasteiger partial charge >= 0.3 is 0 Å². The summed E-state index contributed by atoms with van der Waals surface area (Å²) in [5.41, 5.74) is -0.330. The smallest absolute Gasteiger partial charge is 0.274 e. The molecule has 5 rings (SSSR count). The molecule has 174 valence electrons. The van der Waals surface area contributed by atoms with Gasteiger partial charge in [0.1, 0.15) is 29.1 Å². The van der Waals surface area contributed by atoms with Crippen LogP contribution >= 0.6 is 0 Å². The van der Waals surface area contributed by atoms with Crippen LogP contribution in [0.5, 0.6) is 0 Å². The second-order valence-corrected chi connectivity index (χ2v) is 8.97. The van der Waals surface area contributed by atoms with Crippen molar-refractivity contribution in [3.63, 3.8) is 0 Å². The average molecular weight is 455 g/mol. The number of aliphatic hydroxyl groups is 1. The lowest BCUT2D eigenvalue weighted by molar-refractivity contribution is -0.0486. The molecular weight excluding hydrogens is 429 g/mol. The summed E-state index contributed by atoms with van der Waals surface area (Å²) in [7, 11) is 1.71. The van der Waals surface area contributed by atoms with Crippen LogP contribution in [0.25, 0.3) is 5.65 Å². The minimum atomic E-state index is -0.926. The first-order chi connectivity index (χ1) is 15.8. The molecule has 2 aliphatic carbocycles. The lowest BCUT2D eigenvalue weighted by Gasteiger charge is -2.42. The molecule has 1 amide bonds. The SMILES string of the molecule is CNc1cc(Nc2cccn(C3CC(F)C3)c2=O)nc2c(C(=O)N[C@H]3CC[C@]3(C)O)cnn12. The van der Waals surface area contributed by atoms with Crippen LogP contribution in [-0.4, -0.2) is 55.0 Å². The van der Waals surface area contributed by atoms with Crippen molar-refractivity contribution in [3.05, 3.63) is 46.5 Å². The van der Waals surface area contributed by atoms with Gasteiger partial charge in [-0.3, -0.25) is 9.59 Å². The summed E-state index contributed by atoms with van der Waals surface area (Å²) in [4.78, 5) is 30.3. The van der Waals surface area contributed by atoms with E-state index < -0.39 is 11.8 Å². The van der Waals surface area contributed by atoms with Gasteiger partial charge in [-0.25, -0.2) is 9.37 Å². The van der Waals surface area contributed by atoms with Crippen LogP contribution in [0.3, 0.4) is 0 Å². The van der Waals surface area contributed by atoms with Gasteiger partial charge in [0.15, 0.2) is 5.65 Å². The second-order valence-electron chi connectivity index (χ2n) is 8.97. The van der Waals surface area contributed by atoms with Gasteiger partial charge in [0.05, 0.1) is 17.8 Å². The molecule has 3 aromatic rings. The van der Waals surface area contributed by atoms with E-state index in [4.69, 9.17) is 0 Å². The zero-order chi connectivity index (χ0) is 23.3. The maximum Gasteiger partial charge on any atom is 0.274 e. The van der Waals surface area contributed by atoms with E-state index >= 15 is 0 Å². The van der Waals surface area contributed by atoms with Gasteiger partial charge in [-0.1, -0.05) is 0 Å². The van der Waals surface area contributed by atoms with E-state index in [0.717, 1.165) is 0 Å². The standard InChI is InChI=1S/C22H26FN7O3/c1-22(33)6-5-16(22)27-20(31)14-11-25-30-18(24-2)10-17(28-19(14)30)26-15-4-3-7-29(21(15)32)13-8-12(23)9-13/h3-4,7,10-13,16,24,33H,5-6,8-9H2,1-2H3,(H,26,28)(H,27,31)/t12?,13?,16-,22-/m0/s1. The Morgan fingerprint density at radius 1 is 1.36 bits per heavy atom. The molecule has 11 heteroatoms. The summed E-state index contributed by atoms with van der Waals surface area (Å²) in [5, 5.41) is 23.4. The minimum absolute atomic E-state index is 0.147. The number of aromatic nitrogens is 4. The number of pyridine rings is 1. The summed E-state index contributed by atoms with van der Waals surface area (Å²) in [6.45, 7) is 1.70. The fourth-order valence-electron chi connectivity index (χ4n) is 4.31. The third-order valence-electron chi connectivity index (χ3n) is 6.65. The lowest BCUT2D eigenvalue weighted by Crippen LogP contribution is -2.58. The van der Waals surface area contributed by atoms with Crippen molar-refractivity contribution in [3.8, 4) is 0 Å². The molecule has 0 aliphatic heterocycles. The Bertz CT molecular complexity index is 1280. The third-order valence-corrected chi connectivity index (χ3v) is 6.65. The number of anilines is 3. The van der Waals surface area contributed by atoms with Gasteiger partial charge in [-0.2, -0.15) is 9.61 Å². The van der Waals surface area contributed by atoms with Crippen LogP contribution in [-0.2, 0) is 0 Å². The highest BCUT2D eigenvalue weighted by Crippen LogP contribution is 2.34. The molecule has 4 N–H and O–H groups in total. The Hall–Kier alpha value is -3.47. The molecular formula is C22H26FN7O3. The number of amides is 1. The molecule has 2 fully saturated rings. The number of nitrogens with one attached hydrogen (secondary N) is 3. The molecule has 33 heavy (non-hydrogen) atoms. The molecule has 0 unspecified atom stereocenters. The van der Waals surface area contributed by atoms with Crippen LogP contribution in [0.2, 0.25) is 0 Å². The van der Waals surface area contributed by atoms with Crippen molar-refractivity contribution in [2.45, 2.75) is 56.5 Å². The maximum atomic E-state index is 13.3. The topological polar surface area (TPSA) is 126 Å². The van der Waals surface area contributed by atoms with Crippen molar-refractivity contribution in [2.75, 3.05) is 17.7 Å². The zero-order valence-corrected chi connectivity index (χ0v) is 18.4. The third kappa shape index (κ3) is 3.71. The Morgan fingerprint density at radius 2 is 2.15 bits per heavy atom. The Balaban J connectivity index is 1.46. The molecule has 0 saturated heterocycles. The molecule has 2 saturated carbocycles. The first kappa shape index (κ1) is 21.4.